The van der Waals surface area contributed by atoms with E-state index in [1.165, 1.54) is 11.8 Å². The maximum atomic E-state index is 11.9. The Kier molecular flexibility index (Phi) is 2.62. The Labute approximate surface area is 91.3 Å². The van der Waals surface area contributed by atoms with E-state index in [4.69, 9.17) is 0 Å². The highest BCUT2D eigenvalue weighted by molar-refractivity contribution is 8.00. The first kappa shape index (κ1) is 10.1. The van der Waals surface area contributed by atoms with E-state index < -0.39 is 0 Å². The number of rotatable bonds is 1. The quantitative estimate of drug-likeness (QED) is 0.539. The Morgan fingerprint density at radius 1 is 1.64 bits per heavy atom. The highest BCUT2D eigenvalue weighted by Gasteiger charge is 2.24. The van der Waals surface area contributed by atoms with Crippen molar-refractivity contribution in [1.82, 2.24) is 9.55 Å². The molecule has 0 bridgehead atoms. The third-order valence-electron chi connectivity index (χ3n) is 2.26. The average molecular weight is 228 g/mol. The first-order chi connectivity index (χ1) is 6.63. The largest absolute Gasteiger partial charge is 0.290 e. The molecule has 0 aromatic carbocycles. The van der Waals surface area contributed by atoms with Crippen molar-refractivity contribution in [3.63, 3.8) is 0 Å². The van der Waals surface area contributed by atoms with Crippen molar-refractivity contribution in [2.45, 2.75) is 28.6 Å². The van der Waals surface area contributed by atoms with Crippen molar-refractivity contribution in [2.75, 3.05) is 6.26 Å². The van der Waals surface area contributed by atoms with Gasteiger partial charge in [-0.2, -0.15) is 0 Å². The van der Waals surface area contributed by atoms with Crippen molar-refractivity contribution in [3.8, 4) is 0 Å². The van der Waals surface area contributed by atoms with Crippen LogP contribution in [-0.2, 0) is 13.5 Å². The monoisotopic (exact) mass is 228 g/mol. The van der Waals surface area contributed by atoms with E-state index in [2.05, 4.69) is 11.9 Å². The maximum absolute atomic E-state index is 11.9. The van der Waals surface area contributed by atoms with Gasteiger partial charge in [-0.1, -0.05) is 18.7 Å². The maximum Gasteiger partial charge on any atom is 0.267 e. The van der Waals surface area contributed by atoms with Gasteiger partial charge in [0, 0.05) is 18.7 Å². The number of fused-ring (bicyclic) bond motifs is 1. The lowest BCUT2D eigenvalue weighted by atomic mass is 10.2. The van der Waals surface area contributed by atoms with Crippen LogP contribution < -0.4 is 5.56 Å². The van der Waals surface area contributed by atoms with Crippen molar-refractivity contribution in [1.29, 1.82) is 0 Å². The Balaban J connectivity index is 2.62. The third-order valence-corrected chi connectivity index (χ3v) is 4.21. The molecule has 5 heteroatoms. The predicted molar refractivity (Wildman–Crippen MR) is 60.3 cm³/mol. The standard InChI is InChI=1S/C9H12N2OS2/c1-5-4-6-7(14-5)8(12)11(2)9(10-6)13-3/h5H,4H2,1-3H3/t5-/m0/s1. The van der Waals surface area contributed by atoms with Gasteiger partial charge in [0.25, 0.3) is 5.56 Å². The van der Waals surface area contributed by atoms with Crippen LogP contribution in [0.5, 0.6) is 0 Å². The molecule has 1 aromatic heterocycles. The molecule has 2 rings (SSSR count). The van der Waals surface area contributed by atoms with E-state index in [1.54, 1.807) is 23.4 Å². The lowest BCUT2D eigenvalue weighted by Gasteiger charge is -2.06. The molecule has 0 fully saturated rings. The molecular formula is C9H12N2OS2. The van der Waals surface area contributed by atoms with Crippen molar-refractivity contribution < 1.29 is 0 Å². The molecule has 0 amide bonds. The number of aromatic nitrogens is 2. The van der Waals surface area contributed by atoms with Gasteiger partial charge in [0.1, 0.15) is 0 Å². The summed E-state index contributed by atoms with van der Waals surface area (Å²) < 4.78 is 1.63. The summed E-state index contributed by atoms with van der Waals surface area (Å²) in [4.78, 5) is 17.2. The Morgan fingerprint density at radius 3 is 3.00 bits per heavy atom. The van der Waals surface area contributed by atoms with Crippen LogP contribution in [0.4, 0.5) is 0 Å². The van der Waals surface area contributed by atoms with E-state index in [9.17, 15) is 4.79 Å². The second-order valence-corrected chi connectivity index (χ2v) is 5.59. The molecule has 1 atom stereocenters. The van der Waals surface area contributed by atoms with Crippen LogP contribution in [0.25, 0.3) is 0 Å². The van der Waals surface area contributed by atoms with E-state index in [1.807, 2.05) is 6.26 Å². The van der Waals surface area contributed by atoms with Gasteiger partial charge in [0.15, 0.2) is 5.16 Å². The minimum atomic E-state index is 0.105. The van der Waals surface area contributed by atoms with Gasteiger partial charge in [-0.15, -0.1) is 11.8 Å². The molecule has 0 N–H and O–H groups in total. The summed E-state index contributed by atoms with van der Waals surface area (Å²) in [6.45, 7) is 2.13. The van der Waals surface area contributed by atoms with Crippen molar-refractivity contribution in [2.24, 2.45) is 7.05 Å². The predicted octanol–water partition coefficient (Wildman–Crippen LogP) is 1.54. The summed E-state index contributed by atoms with van der Waals surface area (Å²) in [5.74, 6) is 0. The van der Waals surface area contributed by atoms with Gasteiger partial charge in [-0.05, 0) is 6.26 Å². The Morgan fingerprint density at radius 2 is 2.36 bits per heavy atom. The molecule has 0 saturated heterocycles. The SMILES string of the molecule is CSc1nc2c(c(=O)n1C)S[C@@H](C)C2. The zero-order valence-corrected chi connectivity index (χ0v) is 10.0. The van der Waals surface area contributed by atoms with Gasteiger partial charge in [0.05, 0.1) is 10.6 Å². The van der Waals surface area contributed by atoms with Crippen molar-refractivity contribution >= 4 is 23.5 Å². The Hall–Kier alpha value is -0.420. The fourth-order valence-corrected chi connectivity index (χ4v) is 3.26. The van der Waals surface area contributed by atoms with Gasteiger partial charge in [-0.25, -0.2) is 4.98 Å². The molecular weight excluding hydrogens is 216 g/mol. The van der Waals surface area contributed by atoms with Crippen molar-refractivity contribution in [3.05, 3.63) is 16.0 Å². The summed E-state index contributed by atoms with van der Waals surface area (Å²) >= 11 is 3.17. The molecule has 1 aliphatic heterocycles. The van der Waals surface area contributed by atoms with Crippen LogP contribution >= 0.6 is 23.5 Å². The van der Waals surface area contributed by atoms with Crippen LogP contribution in [0.3, 0.4) is 0 Å². The highest BCUT2D eigenvalue weighted by atomic mass is 32.2. The van der Waals surface area contributed by atoms with Gasteiger partial charge < -0.3 is 0 Å². The number of hydrogen-bond donors (Lipinski definition) is 0. The second kappa shape index (κ2) is 3.62. The number of nitrogens with zero attached hydrogens (tertiary/aromatic N) is 2. The molecule has 3 nitrogen and oxygen atoms in total. The summed E-state index contributed by atoms with van der Waals surface area (Å²) in [6.07, 6.45) is 2.86. The van der Waals surface area contributed by atoms with E-state index in [-0.39, 0.29) is 5.56 Å². The molecule has 0 saturated carbocycles. The zero-order chi connectivity index (χ0) is 10.3. The van der Waals surface area contributed by atoms with Crippen LogP contribution in [0.15, 0.2) is 14.8 Å². The molecule has 0 aliphatic carbocycles. The molecule has 0 radical (unpaired) electrons. The van der Waals surface area contributed by atoms with Crippen LogP contribution in [0.1, 0.15) is 12.6 Å². The lowest BCUT2D eigenvalue weighted by Crippen LogP contribution is -2.21. The number of thioether (sulfide) groups is 2. The van der Waals surface area contributed by atoms with E-state index >= 15 is 0 Å². The first-order valence-electron chi connectivity index (χ1n) is 4.44. The molecule has 1 aromatic rings. The van der Waals surface area contributed by atoms with Gasteiger partial charge >= 0.3 is 0 Å². The molecule has 14 heavy (non-hydrogen) atoms. The topological polar surface area (TPSA) is 34.9 Å². The van der Waals surface area contributed by atoms with Gasteiger partial charge in [0.2, 0.25) is 0 Å². The van der Waals surface area contributed by atoms with E-state index in [0.717, 1.165) is 22.2 Å². The normalized spacial score (nSPS) is 19.8. The second-order valence-electron chi connectivity index (χ2n) is 3.37. The molecule has 76 valence electrons. The van der Waals surface area contributed by atoms with Gasteiger partial charge in [-0.3, -0.25) is 9.36 Å². The molecule has 0 spiro atoms. The van der Waals surface area contributed by atoms with E-state index in [0.29, 0.717) is 5.25 Å². The molecule has 0 unspecified atom stereocenters. The molecule has 2 heterocycles. The summed E-state index contributed by atoms with van der Waals surface area (Å²) in [7, 11) is 1.78. The summed E-state index contributed by atoms with van der Waals surface area (Å²) in [5, 5.41) is 1.30. The average Bonchev–Trinajstić information content (AvgIpc) is 2.52. The third kappa shape index (κ3) is 1.48. The van der Waals surface area contributed by atoms with Crippen LogP contribution in [0.2, 0.25) is 0 Å². The number of hydrogen-bond acceptors (Lipinski definition) is 4. The fourth-order valence-electron chi connectivity index (χ4n) is 1.56. The minimum absolute atomic E-state index is 0.105. The first-order valence-corrected chi connectivity index (χ1v) is 6.54. The zero-order valence-electron chi connectivity index (χ0n) is 8.40. The highest BCUT2D eigenvalue weighted by Crippen LogP contribution is 2.33. The van der Waals surface area contributed by atoms with Crippen LogP contribution in [0, 0.1) is 0 Å². The van der Waals surface area contributed by atoms with Crippen LogP contribution in [-0.4, -0.2) is 21.1 Å². The summed E-state index contributed by atoms with van der Waals surface area (Å²) in [6, 6.07) is 0. The summed E-state index contributed by atoms with van der Waals surface area (Å²) in [5.41, 5.74) is 1.09. The Bertz CT molecular complexity index is 428. The minimum Gasteiger partial charge on any atom is -0.290 e. The fraction of sp³-hybridized carbons (Fsp3) is 0.556. The lowest BCUT2D eigenvalue weighted by molar-refractivity contribution is 0.666. The smallest absolute Gasteiger partial charge is 0.267 e. The molecule has 1 aliphatic rings.